The first kappa shape index (κ1) is 5.69. The number of hydrogen-bond acceptors (Lipinski definition) is 1. The Balaban J connectivity index is 1.97. The molecule has 0 amide bonds. The fourth-order valence-electron chi connectivity index (χ4n) is 1.81. The standard InChI is InChI=1S/C7H14NO/c1-7-6-8(7)2-4-9-5-3-8/h7H,2-6H2,1H3/q+1. The van der Waals surface area contributed by atoms with Gasteiger partial charge in [-0.3, -0.25) is 0 Å². The van der Waals surface area contributed by atoms with Crippen LogP contribution in [0.3, 0.4) is 0 Å². The average molecular weight is 128 g/mol. The van der Waals surface area contributed by atoms with Crippen LogP contribution >= 0.6 is 0 Å². The van der Waals surface area contributed by atoms with Crippen molar-refractivity contribution in [2.45, 2.75) is 13.0 Å². The van der Waals surface area contributed by atoms with E-state index in [1.165, 1.54) is 24.1 Å². The number of ether oxygens (including phenoxy) is 1. The summed E-state index contributed by atoms with van der Waals surface area (Å²) in [4.78, 5) is 0. The van der Waals surface area contributed by atoms with Gasteiger partial charge in [-0.2, -0.15) is 0 Å². The SMILES string of the molecule is CC1C[N+]12CCOCC2. The van der Waals surface area contributed by atoms with E-state index in [1.54, 1.807) is 0 Å². The minimum atomic E-state index is 0.939. The van der Waals surface area contributed by atoms with Crippen molar-refractivity contribution in [2.24, 2.45) is 0 Å². The van der Waals surface area contributed by atoms with E-state index in [0.717, 1.165) is 19.3 Å². The van der Waals surface area contributed by atoms with Gasteiger partial charge in [-0.1, -0.05) is 0 Å². The van der Waals surface area contributed by atoms with E-state index < -0.39 is 0 Å². The second-order valence-electron chi connectivity index (χ2n) is 3.31. The molecule has 1 unspecified atom stereocenters. The summed E-state index contributed by atoms with van der Waals surface area (Å²) in [6.07, 6.45) is 0. The topological polar surface area (TPSA) is 9.23 Å². The summed E-state index contributed by atoms with van der Waals surface area (Å²) in [7, 11) is 0. The van der Waals surface area contributed by atoms with Crippen LogP contribution in [-0.2, 0) is 4.74 Å². The van der Waals surface area contributed by atoms with Gasteiger partial charge in [-0.05, 0) is 6.92 Å². The molecule has 1 atom stereocenters. The Morgan fingerprint density at radius 3 is 2.22 bits per heavy atom. The largest absolute Gasteiger partial charge is 0.370 e. The number of quaternary nitrogens is 1. The Hall–Kier alpha value is -0.0800. The minimum Gasteiger partial charge on any atom is -0.370 e. The zero-order valence-electron chi connectivity index (χ0n) is 5.97. The van der Waals surface area contributed by atoms with Gasteiger partial charge >= 0.3 is 0 Å². The zero-order valence-corrected chi connectivity index (χ0v) is 5.97. The number of nitrogens with zero attached hydrogens (tertiary/aromatic N) is 1. The summed E-state index contributed by atoms with van der Waals surface area (Å²) in [6, 6.07) is 0.939. The molecule has 0 aromatic carbocycles. The molecule has 2 saturated heterocycles. The molecule has 0 radical (unpaired) electrons. The van der Waals surface area contributed by atoms with Crippen LogP contribution in [0.2, 0.25) is 0 Å². The lowest BCUT2D eigenvalue weighted by Gasteiger charge is -2.24. The number of hydrogen-bond donors (Lipinski definition) is 0. The van der Waals surface area contributed by atoms with Crippen LogP contribution in [-0.4, -0.2) is 43.4 Å². The first-order valence-electron chi connectivity index (χ1n) is 3.77. The molecule has 0 N–H and O–H groups in total. The third-order valence-electron chi connectivity index (χ3n) is 2.79. The highest BCUT2D eigenvalue weighted by Crippen LogP contribution is 2.31. The fourth-order valence-corrected chi connectivity index (χ4v) is 1.81. The number of morpholine rings is 1. The van der Waals surface area contributed by atoms with E-state index in [2.05, 4.69) is 6.92 Å². The van der Waals surface area contributed by atoms with Gasteiger partial charge in [0.25, 0.3) is 0 Å². The fraction of sp³-hybridized carbons (Fsp3) is 1.00. The Morgan fingerprint density at radius 1 is 1.33 bits per heavy atom. The van der Waals surface area contributed by atoms with Gasteiger partial charge in [-0.15, -0.1) is 0 Å². The minimum absolute atomic E-state index is 0.939. The normalized spacial score (nSPS) is 39.0. The number of rotatable bonds is 0. The van der Waals surface area contributed by atoms with E-state index in [-0.39, 0.29) is 0 Å². The maximum absolute atomic E-state index is 5.28. The molecule has 9 heavy (non-hydrogen) atoms. The molecule has 0 aliphatic carbocycles. The van der Waals surface area contributed by atoms with Gasteiger partial charge in [0, 0.05) is 0 Å². The van der Waals surface area contributed by atoms with Crippen LogP contribution in [0.25, 0.3) is 0 Å². The van der Waals surface area contributed by atoms with E-state index in [0.29, 0.717) is 0 Å². The van der Waals surface area contributed by atoms with Crippen molar-refractivity contribution in [3.8, 4) is 0 Å². The lowest BCUT2D eigenvalue weighted by atomic mass is 10.4. The predicted molar refractivity (Wildman–Crippen MR) is 35.1 cm³/mol. The highest BCUT2D eigenvalue weighted by molar-refractivity contribution is 4.70. The molecule has 2 aliphatic heterocycles. The molecule has 2 aliphatic rings. The average Bonchev–Trinajstić information content (AvgIpc) is 2.44. The quantitative estimate of drug-likeness (QED) is 0.335. The molecule has 2 heteroatoms. The maximum atomic E-state index is 5.28. The maximum Gasteiger partial charge on any atom is 0.136 e. The van der Waals surface area contributed by atoms with Crippen molar-refractivity contribution < 1.29 is 9.22 Å². The van der Waals surface area contributed by atoms with Crippen LogP contribution in [0.5, 0.6) is 0 Å². The van der Waals surface area contributed by atoms with Gasteiger partial charge in [0.15, 0.2) is 0 Å². The molecule has 2 nitrogen and oxygen atoms in total. The van der Waals surface area contributed by atoms with E-state index in [9.17, 15) is 0 Å². The third-order valence-corrected chi connectivity index (χ3v) is 2.79. The van der Waals surface area contributed by atoms with Gasteiger partial charge in [0.05, 0.1) is 13.2 Å². The van der Waals surface area contributed by atoms with Crippen LogP contribution in [0, 0.1) is 0 Å². The van der Waals surface area contributed by atoms with Crippen LogP contribution in [0.15, 0.2) is 0 Å². The Bertz CT molecular complexity index is 118. The smallest absolute Gasteiger partial charge is 0.136 e. The molecule has 0 bridgehead atoms. The summed E-state index contributed by atoms with van der Waals surface area (Å²) in [5, 5.41) is 0. The molecule has 2 fully saturated rings. The third kappa shape index (κ3) is 0.775. The van der Waals surface area contributed by atoms with Crippen molar-refractivity contribution in [3.63, 3.8) is 0 Å². The first-order valence-corrected chi connectivity index (χ1v) is 3.77. The first-order chi connectivity index (χ1) is 4.33. The van der Waals surface area contributed by atoms with Crippen molar-refractivity contribution in [1.29, 1.82) is 0 Å². The van der Waals surface area contributed by atoms with E-state index in [4.69, 9.17) is 4.74 Å². The predicted octanol–water partition coefficient (Wildman–Crippen LogP) is 0.236. The van der Waals surface area contributed by atoms with Crippen LogP contribution in [0.1, 0.15) is 6.92 Å². The molecule has 52 valence electrons. The molecular formula is C7H14NO+. The molecule has 1 spiro atoms. The lowest BCUT2D eigenvalue weighted by molar-refractivity contribution is -0.822. The summed E-state index contributed by atoms with van der Waals surface area (Å²) in [5.41, 5.74) is 0. The van der Waals surface area contributed by atoms with Crippen molar-refractivity contribution in [3.05, 3.63) is 0 Å². The molecule has 2 rings (SSSR count). The van der Waals surface area contributed by atoms with Crippen LogP contribution in [0.4, 0.5) is 0 Å². The second-order valence-corrected chi connectivity index (χ2v) is 3.31. The molecular weight excluding hydrogens is 114 g/mol. The van der Waals surface area contributed by atoms with Gasteiger partial charge in [0.1, 0.15) is 25.7 Å². The summed E-state index contributed by atoms with van der Waals surface area (Å²) >= 11 is 0. The highest BCUT2D eigenvalue weighted by Gasteiger charge is 2.51. The molecule has 0 aromatic heterocycles. The van der Waals surface area contributed by atoms with Gasteiger partial charge < -0.3 is 9.22 Å². The summed E-state index contributed by atoms with van der Waals surface area (Å²) in [6.45, 7) is 8.26. The molecule has 0 aromatic rings. The monoisotopic (exact) mass is 128 g/mol. The highest BCUT2D eigenvalue weighted by atomic mass is 16.5. The van der Waals surface area contributed by atoms with Crippen molar-refractivity contribution in [2.75, 3.05) is 32.8 Å². The van der Waals surface area contributed by atoms with Crippen LogP contribution < -0.4 is 0 Å². The second kappa shape index (κ2) is 1.70. The van der Waals surface area contributed by atoms with E-state index in [1.807, 2.05) is 0 Å². The van der Waals surface area contributed by atoms with Gasteiger partial charge in [-0.25, -0.2) is 0 Å². The lowest BCUT2D eigenvalue weighted by Crippen LogP contribution is -2.40. The summed E-state index contributed by atoms with van der Waals surface area (Å²) < 4.78 is 6.64. The molecule has 2 heterocycles. The Labute approximate surface area is 56.0 Å². The Morgan fingerprint density at radius 2 is 1.89 bits per heavy atom. The Kier molecular flexibility index (Phi) is 1.08. The van der Waals surface area contributed by atoms with E-state index >= 15 is 0 Å². The molecule has 0 saturated carbocycles. The van der Waals surface area contributed by atoms with Crippen molar-refractivity contribution >= 4 is 0 Å². The zero-order chi connectivity index (χ0) is 6.32. The summed E-state index contributed by atoms with van der Waals surface area (Å²) in [5.74, 6) is 0. The van der Waals surface area contributed by atoms with Gasteiger partial charge in [0.2, 0.25) is 0 Å². The van der Waals surface area contributed by atoms with Crippen molar-refractivity contribution in [1.82, 2.24) is 0 Å².